The monoisotopic (exact) mass is 308 g/mol. The Morgan fingerprint density at radius 3 is 2.24 bits per heavy atom. The average molecular weight is 308 g/mol. The minimum atomic E-state index is -3.91. The molecular formula is C14H13FN2O3S. The van der Waals surface area contributed by atoms with Gasteiger partial charge in [0.1, 0.15) is 5.82 Å². The van der Waals surface area contributed by atoms with E-state index in [4.69, 9.17) is 0 Å². The molecule has 2 rings (SSSR count). The normalized spacial score (nSPS) is 11.0. The summed E-state index contributed by atoms with van der Waals surface area (Å²) in [5.74, 6) is -0.982. The molecule has 0 bridgehead atoms. The molecule has 0 fully saturated rings. The van der Waals surface area contributed by atoms with Crippen LogP contribution < -0.4 is 10.0 Å². The van der Waals surface area contributed by atoms with Gasteiger partial charge in [0.05, 0.1) is 10.6 Å². The molecule has 0 aliphatic heterocycles. The predicted octanol–water partition coefficient (Wildman–Crippen LogP) is 1.99. The molecule has 2 N–H and O–H groups in total. The number of hydrogen-bond acceptors (Lipinski definition) is 3. The molecule has 0 radical (unpaired) electrons. The first kappa shape index (κ1) is 15.0. The van der Waals surface area contributed by atoms with Crippen LogP contribution >= 0.6 is 0 Å². The number of benzene rings is 2. The Morgan fingerprint density at radius 1 is 1.05 bits per heavy atom. The van der Waals surface area contributed by atoms with E-state index in [0.717, 1.165) is 6.07 Å². The van der Waals surface area contributed by atoms with Crippen molar-refractivity contribution in [3.05, 3.63) is 59.9 Å². The van der Waals surface area contributed by atoms with Crippen molar-refractivity contribution in [1.82, 2.24) is 5.32 Å². The predicted molar refractivity (Wildman–Crippen MR) is 77.0 cm³/mol. The highest BCUT2D eigenvalue weighted by molar-refractivity contribution is 7.92. The zero-order valence-electron chi connectivity index (χ0n) is 11.1. The third-order valence-corrected chi connectivity index (χ3v) is 4.15. The third-order valence-electron chi connectivity index (χ3n) is 2.77. The molecule has 2 aromatic carbocycles. The maximum Gasteiger partial charge on any atom is 0.261 e. The summed E-state index contributed by atoms with van der Waals surface area (Å²) in [7, 11) is -2.43. The van der Waals surface area contributed by atoms with Crippen molar-refractivity contribution in [1.29, 1.82) is 0 Å². The molecule has 0 saturated carbocycles. The lowest BCUT2D eigenvalue weighted by molar-refractivity contribution is 0.0963. The van der Waals surface area contributed by atoms with Crippen molar-refractivity contribution >= 4 is 21.6 Å². The fourth-order valence-corrected chi connectivity index (χ4v) is 2.74. The molecule has 21 heavy (non-hydrogen) atoms. The van der Waals surface area contributed by atoms with Gasteiger partial charge in [0.25, 0.3) is 15.9 Å². The molecule has 0 spiro atoms. The Labute approximate surface area is 121 Å². The Bertz CT molecular complexity index is 758. The van der Waals surface area contributed by atoms with Gasteiger partial charge in [-0.05, 0) is 36.4 Å². The molecule has 2 aromatic rings. The van der Waals surface area contributed by atoms with Crippen molar-refractivity contribution in [3.8, 4) is 0 Å². The number of hydrogen-bond donors (Lipinski definition) is 2. The second-order valence-corrected chi connectivity index (χ2v) is 5.87. The lowest BCUT2D eigenvalue weighted by atomic mass is 10.2. The second-order valence-electron chi connectivity index (χ2n) is 4.19. The molecule has 0 heterocycles. The maximum atomic E-state index is 13.5. The van der Waals surface area contributed by atoms with Crippen molar-refractivity contribution in [2.24, 2.45) is 0 Å². The summed E-state index contributed by atoms with van der Waals surface area (Å²) in [4.78, 5) is 11.3. The van der Waals surface area contributed by atoms with E-state index < -0.39 is 15.8 Å². The van der Waals surface area contributed by atoms with Crippen LogP contribution in [0, 0.1) is 5.82 Å². The van der Waals surface area contributed by atoms with Gasteiger partial charge in [-0.25, -0.2) is 12.8 Å². The fourth-order valence-electron chi connectivity index (χ4n) is 1.68. The van der Waals surface area contributed by atoms with E-state index in [-0.39, 0.29) is 16.5 Å². The summed E-state index contributed by atoms with van der Waals surface area (Å²) in [5.41, 5.74) is 0.204. The lowest BCUT2D eigenvalue weighted by Gasteiger charge is -2.09. The number of carbonyl (C=O) groups excluding carboxylic acids is 1. The number of amides is 1. The van der Waals surface area contributed by atoms with Gasteiger partial charge in [0.2, 0.25) is 0 Å². The summed E-state index contributed by atoms with van der Waals surface area (Å²) in [6.07, 6.45) is 0. The van der Waals surface area contributed by atoms with E-state index in [0.29, 0.717) is 5.56 Å². The van der Waals surface area contributed by atoms with Crippen molar-refractivity contribution in [2.45, 2.75) is 4.90 Å². The van der Waals surface area contributed by atoms with Gasteiger partial charge in [-0.2, -0.15) is 0 Å². The smallest absolute Gasteiger partial charge is 0.261 e. The molecular weight excluding hydrogens is 295 g/mol. The number of sulfonamides is 1. The second kappa shape index (κ2) is 5.92. The first-order valence-electron chi connectivity index (χ1n) is 6.03. The maximum absolute atomic E-state index is 13.5. The molecule has 0 saturated heterocycles. The SMILES string of the molecule is CNC(=O)c1ccc(S(=O)(=O)Nc2ccccc2F)cc1. The standard InChI is InChI=1S/C14H13FN2O3S/c1-16-14(18)10-6-8-11(9-7-10)21(19,20)17-13-5-3-2-4-12(13)15/h2-9,17H,1H3,(H,16,18). The van der Waals surface area contributed by atoms with Crippen LogP contribution in [0.4, 0.5) is 10.1 Å². The van der Waals surface area contributed by atoms with Crippen LogP contribution in [0.2, 0.25) is 0 Å². The summed E-state index contributed by atoms with van der Waals surface area (Å²) in [5, 5.41) is 2.43. The zero-order chi connectivity index (χ0) is 15.5. The Hall–Kier alpha value is -2.41. The molecule has 110 valence electrons. The van der Waals surface area contributed by atoms with E-state index in [1.165, 1.54) is 49.5 Å². The summed E-state index contributed by atoms with van der Waals surface area (Å²) in [6, 6.07) is 10.8. The number of rotatable bonds is 4. The van der Waals surface area contributed by atoms with Gasteiger partial charge in [0, 0.05) is 12.6 Å². The van der Waals surface area contributed by atoms with E-state index in [2.05, 4.69) is 10.0 Å². The quantitative estimate of drug-likeness (QED) is 0.907. The molecule has 0 aromatic heterocycles. The zero-order valence-corrected chi connectivity index (χ0v) is 11.9. The van der Waals surface area contributed by atoms with E-state index in [9.17, 15) is 17.6 Å². The first-order valence-corrected chi connectivity index (χ1v) is 7.52. The average Bonchev–Trinajstić information content (AvgIpc) is 2.49. The molecule has 7 heteroatoms. The van der Waals surface area contributed by atoms with Crippen molar-refractivity contribution < 1.29 is 17.6 Å². The van der Waals surface area contributed by atoms with Crippen LogP contribution in [0.15, 0.2) is 53.4 Å². The molecule has 0 aliphatic rings. The van der Waals surface area contributed by atoms with Crippen LogP contribution in [0.3, 0.4) is 0 Å². The highest BCUT2D eigenvalue weighted by Gasteiger charge is 2.16. The first-order chi connectivity index (χ1) is 9.94. The number of para-hydroxylation sites is 1. The minimum absolute atomic E-state index is 0.0570. The fraction of sp³-hybridized carbons (Fsp3) is 0.0714. The van der Waals surface area contributed by atoms with Crippen LogP contribution in [0.1, 0.15) is 10.4 Å². The van der Waals surface area contributed by atoms with Gasteiger partial charge in [0.15, 0.2) is 0 Å². The highest BCUT2D eigenvalue weighted by atomic mass is 32.2. The molecule has 0 atom stereocenters. The van der Waals surface area contributed by atoms with Crippen LogP contribution in [0.5, 0.6) is 0 Å². The summed E-state index contributed by atoms with van der Waals surface area (Å²) >= 11 is 0. The Balaban J connectivity index is 2.28. The molecule has 5 nitrogen and oxygen atoms in total. The van der Waals surface area contributed by atoms with Crippen LogP contribution in [-0.4, -0.2) is 21.4 Å². The number of carbonyl (C=O) groups is 1. The largest absolute Gasteiger partial charge is 0.355 e. The minimum Gasteiger partial charge on any atom is -0.355 e. The topological polar surface area (TPSA) is 75.3 Å². The molecule has 0 aliphatic carbocycles. The van der Waals surface area contributed by atoms with E-state index >= 15 is 0 Å². The van der Waals surface area contributed by atoms with Crippen LogP contribution in [0.25, 0.3) is 0 Å². The van der Waals surface area contributed by atoms with Gasteiger partial charge < -0.3 is 5.32 Å². The van der Waals surface area contributed by atoms with Gasteiger partial charge in [-0.15, -0.1) is 0 Å². The summed E-state index contributed by atoms with van der Waals surface area (Å²) < 4.78 is 39.9. The number of halogens is 1. The van der Waals surface area contributed by atoms with Gasteiger partial charge in [-0.3, -0.25) is 9.52 Å². The molecule has 0 unspecified atom stereocenters. The number of anilines is 1. The lowest BCUT2D eigenvalue weighted by Crippen LogP contribution is -2.18. The van der Waals surface area contributed by atoms with Crippen LogP contribution in [-0.2, 0) is 10.0 Å². The van der Waals surface area contributed by atoms with Crippen molar-refractivity contribution in [2.75, 3.05) is 11.8 Å². The van der Waals surface area contributed by atoms with Crippen molar-refractivity contribution in [3.63, 3.8) is 0 Å². The van der Waals surface area contributed by atoms with E-state index in [1.54, 1.807) is 0 Å². The van der Waals surface area contributed by atoms with Gasteiger partial charge >= 0.3 is 0 Å². The Morgan fingerprint density at radius 2 is 1.67 bits per heavy atom. The summed E-state index contributed by atoms with van der Waals surface area (Å²) in [6.45, 7) is 0. The Kier molecular flexibility index (Phi) is 4.23. The third kappa shape index (κ3) is 3.38. The van der Waals surface area contributed by atoms with E-state index in [1.807, 2.05) is 0 Å². The number of nitrogens with one attached hydrogen (secondary N) is 2. The highest BCUT2D eigenvalue weighted by Crippen LogP contribution is 2.19. The van der Waals surface area contributed by atoms with Gasteiger partial charge in [-0.1, -0.05) is 12.1 Å². The molecule has 1 amide bonds.